The van der Waals surface area contributed by atoms with E-state index in [2.05, 4.69) is 36.9 Å². The highest BCUT2D eigenvalue weighted by Crippen LogP contribution is 2.20. The summed E-state index contributed by atoms with van der Waals surface area (Å²) in [5.74, 6) is -2.30. The van der Waals surface area contributed by atoms with E-state index in [1.165, 1.54) is 0 Å². The van der Waals surface area contributed by atoms with Crippen molar-refractivity contribution in [2.75, 3.05) is 25.1 Å². The van der Waals surface area contributed by atoms with Crippen molar-refractivity contribution in [3.63, 3.8) is 0 Å². The molecule has 3 aromatic rings. The van der Waals surface area contributed by atoms with Crippen LogP contribution in [0.25, 0.3) is 10.9 Å². The molecule has 5 atom stereocenters. The normalized spacial score (nSPS) is 22.6. The van der Waals surface area contributed by atoms with Crippen LogP contribution in [0.5, 0.6) is 0 Å². The molecule has 2 aromatic carbocycles. The fourth-order valence-corrected chi connectivity index (χ4v) is 6.96. The molecule has 0 aliphatic carbocycles. The molecule has 1 saturated heterocycles. The molecule has 2 heterocycles. The lowest BCUT2D eigenvalue weighted by Gasteiger charge is -2.27. The number of rotatable bonds is 12. The third kappa shape index (κ3) is 13.2. The van der Waals surface area contributed by atoms with Crippen molar-refractivity contribution in [3.05, 3.63) is 71.9 Å². The van der Waals surface area contributed by atoms with E-state index in [-0.39, 0.29) is 63.1 Å². The number of H-pyrrole nitrogens is 1. The number of carbonyl (C=O) groups is 6. The number of thioether (sulfide) groups is 1. The first-order chi connectivity index (χ1) is 25.9. The van der Waals surface area contributed by atoms with Crippen molar-refractivity contribution < 1.29 is 28.8 Å². The topological polar surface area (TPSA) is 216 Å². The summed E-state index contributed by atoms with van der Waals surface area (Å²) in [5, 5.41) is 18.5. The standard InChI is InChI=1S/C39H54N8O6S/c1-24(2)19-27-23-43-30(16-18-54-3)37(51)45-31(13-14-34(40)48)38(52)47-33(21-26-22-42-29-12-8-7-11-28(26)29)39(53)46-32(20-25-9-5-4-6-10-25)36(50)41-17-15-35(49)44-27/h4-12,22,24,27,30-33,42-43H,13-21,23H2,1-3H3,(H2,40,48)(H,41,50)(H,44,49)(H,45,51)(H,46,53)(H,47,52)/t27?,30?,31?,32-,33-/m0/s1. The number of para-hydroxylation sites is 1. The summed E-state index contributed by atoms with van der Waals surface area (Å²) in [7, 11) is 0. The van der Waals surface area contributed by atoms with Gasteiger partial charge in [-0.15, -0.1) is 0 Å². The maximum Gasteiger partial charge on any atom is 0.243 e. The predicted molar refractivity (Wildman–Crippen MR) is 210 cm³/mol. The monoisotopic (exact) mass is 762 g/mol. The highest BCUT2D eigenvalue weighted by atomic mass is 32.2. The van der Waals surface area contributed by atoms with Gasteiger partial charge in [0.2, 0.25) is 35.4 Å². The van der Waals surface area contributed by atoms with Gasteiger partial charge in [0.15, 0.2) is 0 Å². The first-order valence-corrected chi connectivity index (χ1v) is 19.9. The number of aromatic nitrogens is 1. The Kier molecular flexibility index (Phi) is 16.4. The average Bonchev–Trinajstić information content (AvgIpc) is 3.54. The van der Waals surface area contributed by atoms with Crippen molar-refractivity contribution >= 4 is 58.1 Å². The molecule has 9 N–H and O–H groups in total. The van der Waals surface area contributed by atoms with Crippen LogP contribution >= 0.6 is 11.8 Å². The molecule has 0 radical (unpaired) electrons. The van der Waals surface area contributed by atoms with Crippen LogP contribution in [0.3, 0.4) is 0 Å². The van der Waals surface area contributed by atoms with Gasteiger partial charge in [-0.3, -0.25) is 28.8 Å². The molecule has 1 aromatic heterocycles. The van der Waals surface area contributed by atoms with E-state index in [1.54, 1.807) is 18.0 Å². The number of fused-ring (bicyclic) bond motifs is 1. The van der Waals surface area contributed by atoms with Crippen LogP contribution in [0.15, 0.2) is 60.8 Å². The van der Waals surface area contributed by atoms with Gasteiger partial charge in [0.25, 0.3) is 0 Å². The summed E-state index contributed by atoms with van der Waals surface area (Å²) < 4.78 is 0. The second-order valence-electron chi connectivity index (χ2n) is 14.1. The zero-order valence-electron chi connectivity index (χ0n) is 31.2. The Balaban J connectivity index is 1.71. The van der Waals surface area contributed by atoms with E-state index in [0.717, 1.165) is 22.0 Å². The summed E-state index contributed by atoms with van der Waals surface area (Å²) in [6.45, 7) is 4.38. The minimum atomic E-state index is -1.21. The van der Waals surface area contributed by atoms with Crippen LogP contribution in [-0.2, 0) is 41.6 Å². The van der Waals surface area contributed by atoms with Gasteiger partial charge in [0.1, 0.15) is 18.1 Å². The van der Waals surface area contributed by atoms with E-state index in [4.69, 9.17) is 5.73 Å². The summed E-state index contributed by atoms with van der Waals surface area (Å²) >= 11 is 1.56. The van der Waals surface area contributed by atoms with Crippen molar-refractivity contribution in [3.8, 4) is 0 Å². The van der Waals surface area contributed by atoms with E-state index < -0.39 is 53.7 Å². The first-order valence-electron chi connectivity index (χ1n) is 18.5. The summed E-state index contributed by atoms with van der Waals surface area (Å²) in [6.07, 6.45) is 4.66. The van der Waals surface area contributed by atoms with E-state index in [0.29, 0.717) is 18.6 Å². The Morgan fingerprint density at radius 1 is 0.796 bits per heavy atom. The molecule has 54 heavy (non-hydrogen) atoms. The maximum absolute atomic E-state index is 14.2. The number of nitrogens with one attached hydrogen (secondary N) is 7. The van der Waals surface area contributed by atoms with Crippen LogP contribution in [0.4, 0.5) is 0 Å². The molecule has 14 nitrogen and oxygen atoms in total. The smallest absolute Gasteiger partial charge is 0.243 e. The van der Waals surface area contributed by atoms with Crippen LogP contribution in [0, 0.1) is 5.92 Å². The number of benzene rings is 2. The molecule has 292 valence electrons. The molecule has 0 bridgehead atoms. The second-order valence-corrected chi connectivity index (χ2v) is 15.1. The van der Waals surface area contributed by atoms with Crippen LogP contribution < -0.4 is 37.6 Å². The van der Waals surface area contributed by atoms with Gasteiger partial charge in [-0.25, -0.2) is 0 Å². The third-order valence-electron chi connectivity index (χ3n) is 9.27. The molecule has 3 unspecified atom stereocenters. The van der Waals surface area contributed by atoms with Crippen molar-refractivity contribution in [1.29, 1.82) is 0 Å². The van der Waals surface area contributed by atoms with Crippen molar-refractivity contribution in [2.24, 2.45) is 11.7 Å². The molecule has 1 fully saturated rings. The Morgan fingerprint density at radius 3 is 2.15 bits per heavy atom. The molecular formula is C39H54N8O6S. The molecule has 15 heteroatoms. The van der Waals surface area contributed by atoms with Gasteiger partial charge in [-0.1, -0.05) is 62.4 Å². The lowest BCUT2D eigenvalue weighted by Crippen LogP contribution is -2.59. The zero-order chi connectivity index (χ0) is 39.0. The average molecular weight is 763 g/mol. The Bertz CT molecular complexity index is 1730. The molecule has 0 spiro atoms. The second kappa shape index (κ2) is 21.1. The Morgan fingerprint density at radius 2 is 1.44 bits per heavy atom. The quantitative estimate of drug-likeness (QED) is 0.135. The van der Waals surface area contributed by atoms with E-state index in [9.17, 15) is 28.8 Å². The molecule has 1 aliphatic heterocycles. The zero-order valence-corrected chi connectivity index (χ0v) is 32.1. The highest BCUT2D eigenvalue weighted by Gasteiger charge is 2.32. The molecular weight excluding hydrogens is 709 g/mol. The summed E-state index contributed by atoms with van der Waals surface area (Å²) in [6, 6.07) is 12.2. The number of aromatic amines is 1. The number of carbonyl (C=O) groups excluding carboxylic acids is 6. The van der Waals surface area contributed by atoms with Gasteiger partial charge >= 0.3 is 0 Å². The van der Waals surface area contributed by atoms with Gasteiger partial charge in [-0.2, -0.15) is 11.8 Å². The summed E-state index contributed by atoms with van der Waals surface area (Å²) in [4.78, 5) is 84.1. The van der Waals surface area contributed by atoms with Crippen LogP contribution in [-0.4, -0.2) is 95.7 Å². The highest BCUT2D eigenvalue weighted by molar-refractivity contribution is 7.98. The van der Waals surface area contributed by atoms with Gasteiger partial charge in [0, 0.05) is 61.9 Å². The minimum Gasteiger partial charge on any atom is -0.370 e. The number of hydrogen-bond acceptors (Lipinski definition) is 8. The largest absolute Gasteiger partial charge is 0.370 e. The number of amides is 6. The lowest BCUT2D eigenvalue weighted by atomic mass is 10.0. The van der Waals surface area contributed by atoms with Gasteiger partial charge < -0.3 is 42.6 Å². The molecule has 6 amide bonds. The molecule has 0 saturated carbocycles. The first kappa shape index (κ1) is 41.9. The number of nitrogens with two attached hydrogens (primary N) is 1. The minimum absolute atomic E-state index is 0.00349. The van der Waals surface area contributed by atoms with Crippen LogP contribution in [0.1, 0.15) is 57.1 Å². The fraction of sp³-hybridized carbons (Fsp3) is 0.487. The fourth-order valence-electron chi connectivity index (χ4n) is 6.49. The molecule has 4 rings (SSSR count). The Labute approximate surface area is 320 Å². The number of hydrogen-bond donors (Lipinski definition) is 8. The SMILES string of the molecule is CSCCC1NCC(CC(C)C)NC(=O)CCNC(=O)[C@H](Cc2ccccc2)NC(=O)[C@H](Cc2c[nH]c3ccccc23)NC(=O)C(CCC(N)=O)NC1=O. The summed E-state index contributed by atoms with van der Waals surface area (Å²) in [5.41, 5.74) is 7.85. The van der Waals surface area contributed by atoms with Gasteiger partial charge in [0.05, 0.1) is 6.04 Å². The predicted octanol–water partition coefficient (Wildman–Crippen LogP) is 1.44. The van der Waals surface area contributed by atoms with Crippen molar-refractivity contribution in [1.82, 2.24) is 36.9 Å². The van der Waals surface area contributed by atoms with E-state index in [1.807, 2.05) is 74.7 Å². The van der Waals surface area contributed by atoms with Gasteiger partial charge in [-0.05, 0) is 54.4 Å². The van der Waals surface area contributed by atoms with Crippen LogP contribution in [0.2, 0.25) is 0 Å². The maximum atomic E-state index is 14.2. The third-order valence-corrected chi connectivity index (χ3v) is 9.91. The number of primary amides is 1. The van der Waals surface area contributed by atoms with Crippen molar-refractivity contribution in [2.45, 2.75) is 89.0 Å². The molecule has 1 aliphatic rings. The Hall–Kier alpha value is -4.89. The lowest BCUT2D eigenvalue weighted by molar-refractivity contribution is -0.134. The van der Waals surface area contributed by atoms with E-state index >= 15 is 0 Å².